The lowest BCUT2D eigenvalue weighted by Gasteiger charge is -2.20. The topological polar surface area (TPSA) is 126 Å². The number of nitrogens with two attached hydrogens (primary N) is 1. The summed E-state index contributed by atoms with van der Waals surface area (Å²) in [5.74, 6) is -0.841. The standard InChI is InChI=1S/C22H24F3N7O2S/c1-12-5-7-14(18(26)33)9-17(12)30-21-28-11-16(22(23,24)25)19(31-21)27-10-15-8-6-13(2)29-20(15)32(3)35(4)34/h5-9,11H,10H2,1-4H3,(H2,26,33)(H2,27,28,30,31). The fourth-order valence-corrected chi connectivity index (χ4v) is 3.50. The monoisotopic (exact) mass is 507 g/mol. The molecule has 4 N–H and O–H groups in total. The van der Waals surface area contributed by atoms with Gasteiger partial charge in [0.2, 0.25) is 11.9 Å². The average Bonchev–Trinajstić information content (AvgIpc) is 2.78. The third-order valence-electron chi connectivity index (χ3n) is 5.09. The molecule has 0 aliphatic carbocycles. The highest BCUT2D eigenvalue weighted by atomic mass is 32.2. The van der Waals surface area contributed by atoms with Gasteiger partial charge in [-0.15, -0.1) is 0 Å². The van der Waals surface area contributed by atoms with Gasteiger partial charge in [-0.25, -0.2) is 14.2 Å². The predicted octanol–water partition coefficient (Wildman–Crippen LogP) is 3.69. The molecule has 1 aromatic carbocycles. The zero-order valence-electron chi connectivity index (χ0n) is 19.4. The van der Waals surface area contributed by atoms with E-state index in [0.717, 1.165) is 0 Å². The van der Waals surface area contributed by atoms with Crippen LogP contribution in [-0.4, -0.2) is 38.4 Å². The van der Waals surface area contributed by atoms with Crippen molar-refractivity contribution < 1.29 is 22.2 Å². The summed E-state index contributed by atoms with van der Waals surface area (Å²) in [7, 11) is 0.195. The van der Waals surface area contributed by atoms with Gasteiger partial charge in [-0.05, 0) is 37.6 Å². The normalized spacial score (nSPS) is 12.2. The molecule has 0 aliphatic rings. The van der Waals surface area contributed by atoms with E-state index in [-0.39, 0.29) is 18.1 Å². The molecule has 0 aliphatic heterocycles. The van der Waals surface area contributed by atoms with Gasteiger partial charge in [0, 0.05) is 48.6 Å². The van der Waals surface area contributed by atoms with Gasteiger partial charge in [-0.1, -0.05) is 12.1 Å². The van der Waals surface area contributed by atoms with Crippen LogP contribution in [0.4, 0.5) is 36.4 Å². The zero-order valence-corrected chi connectivity index (χ0v) is 20.2. The summed E-state index contributed by atoms with van der Waals surface area (Å²) in [5.41, 5.74) is 6.80. The number of benzene rings is 1. The summed E-state index contributed by atoms with van der Waals surface area (Å²) < 4.78 is 54.3. The second-order valence-corrected chi connectivity index (χ2v) is 9.08. The lowest BCUT2D eigenvalue weighted by Crippen LogP contribution is -2.23. The number of halogens is 3. The molecule has 13 heteroatoms. The number of carbonyl (C=O) groups is 1. The molecule has 2 aromatic heterocycles. The highest BCUT2D eigenvalue weighted by Gasteiger charge is 2.35. The third-order valence-corrected chi connectivity index (χ3v) is 6.03. The summed E-state index contributed by atoms with van der Waals surface area (Å²) >= 11 is 0. The van der Waals surface area contributed by atoms with E-state index >= 15 is 0 Å². The lowest BCUT2D eigenvalue weighted by molar-refractivity contribution is -0.137. The maximum atomic E-state index is 13.7. The molecule has 1 atom stereocenters. The first-order valence-electron chi connectivity index (χ1n) is 10.3. The van der Waals surface area contributed by atoms with Crippen LogP contribution in [0.15, 0.2) is 36.5 Å². The number of primary amides is 1. The number of alkyl halides is 3. The van der Waals surface area contributed by atoms with Crippen molar-refractivity contribution in [2.24, 2.45) is 5.73 Å². The minimum atomic E-state index is -4.71. The fraction of sp³-hybridized carbons (Fsp3) is 0.273. The van der Waals surface area contributed by atoms with E-state index in [2.05, 4.69) is 25.6 Å². The largest absolute Gasteiger partial charge is 0.421 e. The van der Waals surface area contributed by atoms with Crippen LogP contribution in [0, 0.1) is 13.8 Å². The number of aryl methyl sites for hydroxylation is 2. The molecule has 35 heavy (non-hydrogen) atoms. The van der Waals surface area contributed by atoms with E-state index in [1.54, 1.807) is 39.1 Å². The number of amides is 1. The Morgan fingerprint density at radius 3 is 2.51 bits per heavy atom. The van der Waals surface area contributed by atoms with Gasteiger partial charge >= 0.3 is 6.18 Å². The Labute approximate surface area is 202 Å². The van der Waals surface area contributed by atoms with E-state index in [4.69, 9.17) is 5.73 Å². The Morgan fingerprint density at radius 2 is 1.89 bits per heavy atom. The molecule has 0 saturated carbocycles. The minimum absolute atomic E-state index is 0.0696. The molecular formula is C22H24F3N7O2S. The molecule has 0 radical (unpaired) electrons. The van der Waals surface area contributed by atoms with Gasteiger partial charge in [0.1, 0.15) is 28.2 Å². The third kappa shape index (κ3) is 6.23. The van der Waals surface area contributed by atoms with Gasteiger partial charge in [0.05, 0.1) is 0 Å². The quantitative estimate of drug-likeness (QED) is 0.425. The molecule has 9 nitrogen and oxygen atoms in total. The second kappa shape index (κ2) is 10.3. The van der Waals surface area contributed by atoms with Gasteiger partial charge in [-0.2, -0.15) is 18.2 Å². The number of aromatic nitrogens is 3. The maximum Gasteiger partial charge on any atom is 0.421 e. The van der Waals surface area contributed by atoms with Crippen molar-refractivity contribution in [3.63, 3.8) is 0 Å². The average molecular weight is 508 g/mol. The summed E-state index contributed by atoms with van der Waals surface area (Å²) in [6.07, 6.45) is -2.56. The minimum Gasteiger partial charge on any atom is -0.366 e. The predicted molar refractivity (Wildman–Crippen MR) is 129 cm³/mol. The Kier molecular flexibility index (Phi) is 7.58. The molecule has 0 bridgehead atoms. The number of anilines is 4. The number of nitrogens with zero attached hydrogens (tertiary/aromatic N) is 4. The van der Waals surface area contributed by atoms with Crippen LogP contribution in [0.3, 0.4) is 0 Å². The van der Waals surface area contributed by atoms with Crippen LogP contribution in [0.25, 0.3) is 0 Å². The van der Waals surface area contributed by atoms with E-state index in [0.29, 0.717) is 34.5 Å². The van der Waals surface area contributed by atoms with Crippen molar-refractivity contribution in [3.8, 4) is 0 Å². The molecule has 1 amide bonds. The highest BCUT2D eigenvalue weighted by molar-refractivity contribution is 7.85. The van der Waals surface area contributed by atoms with Gasteiger partial charge < -0.3 is 16.4 Å². The molecule has 0 saturated heterocycles. The molecule has 186 valence electrons. The molecule has 3 aromatic rings. The van der Waals surface area contributed by atoms with Gasteiger partial charge in [0.15, 0.2) is 0 Å². The van der Waals surface area contributed by atoms with Gasteiger partial charge in [0.25, 0.3) is 0 Å². The highest BCUT2D eigenvalue weighted by Crippen LogP contribution is 2.35. The lowest BCUT2D eigenvalue weighted by atomic mass is 10.1. The fourth-order valence-electron chi connectivity index (χ4n) is 3.10. The van der Waals surface area contributed by atoms with Crippen molar-refractivity contribution in [1.29, 1.82) is 0 Å². The molecule has 3 rings (SSSR count). The van der Waals surface area contributed by atoms with Crippen molar-refractivity contribution in [3.05, 3.63) is 64.5 Å². The maximum absolute atomic E-state index is 13.7. The number of carbonyl (C=O) groups excluding carboxylic acids is 1. The first-order chi connectivity index (χ1) is 16.4. The van der Waals surface area contributed by atoms with E-state index < -0.39 is 34.5 Å². The second-order valence-electron chi connectivity index (χ2n) is 7.68. The van der Waals surface area contributed by atoms with Crippen LogP contribution in [0.1, 0.15) is 32.7 Å². The Bertz CT molecular complexity index is 1280. The summed E-state index contributed by atoms with van der Waals surface area (Å²) in [6.45, 7) is 3.43. The van der Waals surface area contributed by atoms with Crippen molar-refractivity contribution in [1.82, 2.24) is 15.0 Å². The molecular weight excluding hydrogens is 483 g/mol. The summed E-state index contributed by atoms with van der Waals surface area (Å²) in [4.78, 5) is 23.7. The van der Waals surface area contributed by atoms with Crippen LogP contribution in [-0.2, 0) is 23.7 Å². The molecule has 1 unspecified atom stereocenters. The molecule has 2 heterocycles. The van der Waals surface area contributed by atoms with E-state index in [9.17, 15) is 22.2 Å². The first kappa shape index (κ1) is 25.9. The van der Waals surface area contributed by atoms with E-state index in [1.165, 1.54) is 22.7 Å². The SMILES string of the molecule is Cc1ccc(CNc2nc(Nc3cc(C(N)=O)ccc3C)ncc2C(F)(F)F)c(N(C)S(C)=O)n1. The van der Waals surface area contributed by atoms with Crippen LogP contribution in [0.5, 0.6) is 0 Å². The van der Waals surface area contributed by atoms with Crippen molar-refractivity contribution in [2.45, 2.75) is 26.6 Å². The smallest absolute Gasteiger partial charge is 0.366 e. The Balaban J connectivity index is 1.95. The van der Waals surface area contributed by atoms with Crippen LogP contribution < -0.4 is 20.7 Å². The number of rotatable bonds is 8. The van der Waals surface area contributed by atoms with Crippen LogP contribution >= 0.6 is 0 Å². The van der Waals surface area contributed by atoms with Crippen molar-refractivity contribution in [2.75, 3.05) is 28.2 Å². The molecule has 0 fully saturated rings. The summed E-state index contributed by atoms with van der Waals surface area (Å²) in [6, 6.07) is 8.05. The van der Waals surface area contributed by atoms with Gasteiger partial charge in [-0.3, -0.25) is 9.10 Å². The first-order valence-corrected chi connectivity index (χ1v) is 11.8. The summed E-state index contributed by atoms with van der Waals surface area (Å²) in [5, 5.41) is 5.55. The number of pyridine rings is 1. The Morgan fingerprint density at radius 1 is 1.17 bits per heavy atom. The number of nitrogens with one attached hydrogen (secondary N) is 2. The van der Waals surface area contributed by atoms with E-state index in [1.807, 2.05) is 0 Å². The number of hydrogen-bond acceptors (Lipinski definition) is 7. The molecule has 0 spiro atoms. The Hall–Kier alpha value is -3.74. The van der Waals surface area contributed by atoms with Crippen molar-refractivity contribution >= 4 is 40.2 Å². The number of hydrogen-bond donors (Lipinski definition) is 3. The van der Waals surface area contributed by atoms with Crippen LogP contribution in [0.2, 0.25) is 0 Å². The zero-order chi connectivity index (χ0) is 25.9.